The molecular weight excluding hydrogens is 433 g/mol. The zero-order chi connectivity index (χ0) is 21.6. The van der Waals surface area contributed by atoms with E-state index in [0.29, 0.717) is 52.6 Å². The highest BCUT2D eigenvalue weighted by Gasteiger charge is 2.33. The molecule has 162 valence electrons. The maximum absolute atomic E-state index is 14.6. The Morgan fingerprint density at radius 1 is 1.30 bits per heavy atom. The maximum Gasteiger partial charge on any atom is 0.267 e. The summed E-state index contributed by atoms with van der Waals surface area (Å²) in [5.41, 5.74) is 7.68. The van der Waals surface area contributed by atoms with Gasteiger partial charge in [-0.1, -0.05) is 0 Å². The van der Waals surface area contributed by atoms with Crippen LogP contribution in [0.25, 0.3) is 11.1 Å². The Morgan fingerprint density at radius 2 is 2.00 bits per heavy atom. The largest absolute Gasteiger partial charge is 0.494 e. The number of hydrogen-bond acceptors (Lipinski definition) is 7. The van der Waals surface area contributed by atoms with Crippen molar-refractivity contribution in [2.24, 2.45) is 0 Å². The summed E-state index contributed by atoms with van der Waals surface area (Å²) in [6.07, 6.45) is 1.48. The van der Waals surface area contributed by atoms with Gasteiger partial charge in [-0.2, -0.15) is 4.31 Å². The van der Waals surface area contributed by atoms with Crippen LogP contribution in [0.2, 0.25) is 0 Å². The van der Waals surface area contributed by atoms with Gasteiger partial charge in [0.05, 0.1) is 25.7 Å². The minimum absolute atomic E-state index is 0.178. The summed E-state index contributed by atoms with van der Waals surface area (Å²) in [7, 11) is -1.82. The molecular formula is C19H22FN3O5S2. The number of hydrogen-bond donors (Lipinski definition) is 1. The summed E-state index contributed by atoms with van der Waals surface area (Å²) in [6.45, 7) is 1.29. The van der Waals surface area contributed by atoms with Crippen molar-refractivity contribution in [2.45, 2.75) is 6.42 Å². The smallest absolute Gasteiger partial charge is 0.267 e. The number of piperazine rings is 1. The first-order valence-corrected chi connectivity index (χ1v) is 12.1. The molecule has 0 atom stereocenters. The number of nitrogen functional groups attached to an aromatic ring is 1. The second kappa shape index (κ2) is 7.71. The third-order valence-electron chi connectivity index (χ3n) is 5.37. The van der Waals surface area contributed by atoms with Crippen molar-refractivity contribution in [3.05, 3.63) is 27.7 Å². The summed E-state index contributed by atoms with van der Waals surface area (Å²) >= 11 is 1.21. The maximum atomic E-state index is 14.6. The van der Waals surface area contributed by atoms with Crippen LogP contribution < -0.4 is 15.2 Å². The minimum atomic E-state index is -3.29. The second-order valence-electron chi connectivity index (χ2n) is 7.19. The fourth-order valence-corrected chi connectivity index (χ4v) is 5.66. The van der Waals surface area contributed by atoms with E-state index in [1.807, 2.05) is 0 Å². The van der Waals surface area contributed by atoms with E-state index in [9.17, 15) is 17.6 Å². The number of benzene rings is 1. The van der Waals surface area contributed by atoms with Crippen molar-refractivity contribution in [1.82, 2.24) is 9.21 Å². The number of thiophene rings is 1. The van der Waals surface area contributed by atoms with Crippen molar-refractivity contribution in [1.29, 1.82) is 0 Å². The fourth-order valence-electron chi connectivity index (χ4n) is 3.87. The van der Waals surface area contributed by atoms with E-state index in [1.54, 1.807) is 10.3 Å². The molecule has 11 heteroatoms. The predicted octanol–water partition coefficient (Wildman–Crippen LogP) is 1.80. The van der Waals surface area contributed by atoms with E-state index >= 15 is 0 Å². The van der Waals surface area contributed by atoms with Gasteiger partial charge in [-0.05, 0) is 0 Å². The number of fused-ring (bicyclic) bond motifs is 3. The van der Waals surface area contributed by atoms with Gasteiger partial charge in [0, 0.05) is 60.7 Å². The van der Waals surface area contributed by atoms with Gasteiger partial charge < -0.3 is 20.1 Å². The predicted molar refractivity (Wildman–Crippen MR) is 112 cm³/mol. The topological polar surface area (TPSA) is 102 Å². The number of halogens is 1. The highest BCUT2D eigenvalue weighted by atomic mass is 32.2. The Bertz CT molecular complexity index is 1110. The van der Waals surface area contributed by atoms with Crippen LogP contribution in [0.5, 0.6) is 11.5 Å². The fraction of sp³-hybridized carbons (Fsp3) is 0.421. The monoisotopic (exact) mass is 455 g/mol. The number of nitrogens with zero attached hydrogens (tertiary/aromatic N) is 2. The molecule has 8 nitrogen and oxygen atoms in total. The van der Waals surface area contributed by atoms with Crippen LogP contribution >= 0.6 is 11.3 Å². The summed E-state index contributed by atoms with van der Waals surface area (Å²) in [6, 6.07) is 1.24. The molecule has 1 aromatic carbocycles. The minimum Gasteiger partial charge on any atom is -0.494 e. The Hall–Kier alpha value is -2.37. The highest BCUT2D eigenvalue weighted by Crippen LogP contribution is 2.48. The Morgan fingerprint density at radius 3 is 2.63 bits per heavy atom. The first-order valence-electron chi connectivity index (χ1n) is 9.36. The van der Waals surface area contributed by atoms with Crippen LogP contribution in [0.3, 0.4) is 0 Å². The Kier molecular flexibility index (Phi) is 5.37. The number of methoxy groups -OCH3 is 1. The molecule has 4 rings (SSSR count). The molecule has 2 aliphatic heterocycles. The molecule has 2 aromatic rings. The summed E-state index contributed by atoms with van der Waals surface area (Å²) in [4.78, 5) is 15.2. The number of carbonyl (C=O) groups excluding carboxylic acids is 1. The van der Waals surface area contributed by atoms with Gasteiger partial charge in [0.1, 0.15) is 16.4 Å². The van der Waals surface area contributed by atoms with E-state index in [-0.39, 0.29) is 31.3 Å². The highest BCUT2D eigenvalue weighted by molar-refractivity contribution is 7.88. The number of nitrogens with two attached hydrogens (primary N) is 1. The molecule has 1 saturated heterocycles. The molecule has 0 spiro atoms. The van der Waals surface area contributed by atoms with Gasteiger partial charge in [-0.15, -0.1) is 11.3 Å². The normalized spacial score (nSPS) is 17.0. The number of sulfonamides is 1. The zero-order valence-corrected chi connectivity index (χ0v) is 18.2. The van der Waals surface area contributed by atoms with Gasteiger partial charge in [0.25, 0.3) is 5.91 Å². The molecule has 1 amide bonds. The third kappa shape index (κ3) is 3.50. The molecule has 2 N–H and O–H groups in total. The second-order valence-corrected chi connectivity index (χ2v) is 10.1. The molecule has 2 aliphatic rings. The van der Waals surface area contributed by atoms with Crippen LogP contribution in [-0.2, 0) is 16.4 Å². The molecule has 0 aliphatic carbocycles. The molecule has 1 aromatic heterocycles. The van der Waals surface area contributed by atoms with E-state index in [1.165, 1.54) is 28.8 Å². The van der Waals surface area contributed by atoms with Gasteiger partial charge >= 0.3 is 0 Å². The lowest BCUT2D eigenvalue weighted by molar-refractivity contribution is 0.0699. The Labute approximate surface area is 178 Å². The molecule has 3 heterocycles. The summed E-state index contributed by atoms with van der Waals surface area (Å²) in [5.74, 6) is 0.0752. The first kappa shape index (κ1) is 20.9. The number of anilines is 1. The quantitative estimate of drug-likeness (QED) is 0.708. The van der Waals surface area contributed by atoms with Crippen LogP contribution in [0.1, 0.15) is 15.2 Å². The van der Waals surface area contributed by atoms with Gasteiger partial charge in [0.2, 0.25) is 10.0 Å². The van der Waals surface area contributed by atoms with Crippen LogP contribution in [0.4, 0.5) is 10.1 Å². The number of amides is 1. The molecule has 1 fully saturated rings. The average Bonchev–Trinajstić information content (AvgIpc) is 3.02. The van der Waals surface area contributed by atoms with Crippen molar-refractivity contribution in [3.63, 3.8) is 0 Å². The molecule has 0 radical (unpaired) electrons. The third-order valence-corrected chi connectivity index (χ3v) is 7.62. The van der Waals surface area contributed by atoms with Gasteiger partial charge in [-0.25, -0.2) is 12.8 Å². The molecule has 30 heavy (non-hydrogen) atoms. The van der Waals surface area contributed by atoms with Gasteiger partial charge in [-0.3, -0.25) is 4.79 Å². The molecule has 0 saturated carbocycles. The van der Waals surface area contributed by atoms with Crippen molar-refractivity contribution < 1.29 is 27.1 Å². The van der Waals surface area contributed by atoms with Crippen LogP contribution in [0.15, 0.2) is 11.4 Å². The van der Waals surface area contributed by atoms with Crippen molar-refractivity contribution in [2.75, 3.05) is 51.9 Å². The Balaban J connectivity index is 1.69. The lowest BCUT2D eigenvalue weighted by Crippen LogP contribution is -2.50. The van der Waals surface area contributed by atoms with Crippen LogP contribution in [-0.4, -0.2) is 69.7 Å². The number of ether oxygens (including phenoxy) is 2. The summed E-state index contributed by atoms with van der Waals surface area (Å²) < 4.78 is 50.7. The van der Waals surface area contributed by atoms with E-state index in [2.05, 4.69) is 0 Å². The lowest BCUT2D eigenvalue weighted by atomic mass is 9.97. The lowest BCUT2D eigenvalue weighted by Gasteiger charge is -2.33. The first-order chi connectivity index (χ1) is 14.2. The SMILES string of the molecule is COc1c(N)cc(F)c2c1-c1csc(C(=O)N3CCN(S(C)(=O)=O)CC3)c1OCC2. The zero-order valence-electron chi connectivity index (χ0n) is 16.6. The average molecular weight is 456 g/mol. The molecule has 0 unspecified atom stereocenters. The van der Waals surface area contributed by atoms with Gasteiger partial charge in [0.15, 0.2) is 5.75 Å². The standard InChI is InChI=1S/C19H22FN3O5S2/c1-27-17-14(21)9-13(20)11-3-8-28-16-12(15(11)17)10-29-18(16)19(24)22-4-6-23(7-5-22)30(2,25)26/h9-10H,3-8,21H2,1-2H3. The van der Waals surface area contributed by atoms with Crippen molar-refractivity contribution >= 4 is 33.0 Å². The van der Waals surface area contributed by atoms with Crippen molar-refractivity contribution in [3.8, 4) is 22.6 Å². The number of rotatable bonds is 3. The van der Waals surface area contributed by atoms with Crippen LogP contribution in [0, 0.1) is 5.82 Å². The van der Waals surface area contributed by atoms with E-state index in [4.69, 9.17) is 15.2 Å². The summed E-state index contributed by atoms with van der Waals surface area (Å²) in [5, 5.41) is 1.75. The number of carbonyl (C=O) groups is 1. The van der Waals surface area contributed by atoms with E-state index < -0.39 is 15.8 Å². The van der Waals surface area contributed by atoms with E-state index in [0.717, 1.165) is 6.26 Å². The molecule has 0 bridgehead atoms.